The summed E-state index contributed by atoms with van der Waals surface area (Å²) in [5.41, 5.74) is 0.355. The first-order valence-corrected chi connectivity index (χ1v) is 8.29. The normalized spacial score (nSPS) is 29.5. The van der Waals surface area contributed by atoms with E-state index in [0.717, 1.165) is 18.9 Å². The van der Waals surface area contributed by atoms with E-state index in [0.29, 0.717) is 29.4 Å². The first-order chi connectivity index (χ1) is 11.8. The van der Waals surface area contributed by atoms with Gasteiger partial charge in [0.25, 0.3) is 0 Å². The molecule has 25 heavy (non-hydrogen) atoms. The average molecular weight is 354 g/mol. The van der Waals surface area contributed by atoms with Gasteiger partial charge >= 0.3 is 12.1 Å². The first kappa shape index (κ1) is 16.3. The van der Waals surface area contributed by atoms with E-state index in [4.69, 9.17) is 9.47 Å². The number of fused-ring (bicyclic) bond motifs is 2. The van der Waals surface area contributed by atoms with E-state index in [9.17, 15) is 23.1 Å². The SMILES string of the molecule is CCc1cc2c(cc1O)OC(C(F)(F)F)C(C(=O)OC1CC3C[C@@H]31)=C2. The molecule has 1 aromatic rings. The van der Waals surface area contributed by atoms with Crippen molar-refractivity contribution < 1.29 is 32.5 Å². The van der Waals surface area contributed by atoms with E-state index in [-0.39, 0.29) is 17.6 Å². The molecule has 2 aliphatic carbocycles. The molecule has 1 aromatic carbocycles. The Morgan fingerprint density at radius 3 is 2.68 bits per heavy atom. The van der Waals surface area contributed by atoms with Gasteiger partial charge in [-0.2, -0.15) is 13.2 Å². The summed E-state index contributed by atoms with van der Waals surface area (Å²) in [5, 5.41) is 9.85. The summed E-state index contributed by atoms with van der Waals surface area (Å²) < 4.78 is 50.4. The molecule has 1 N–H and O–H groups in total. The summed E-state index contributed by atoms with van der Waals surface area (Å²) in [6.45, 7) is 1.81. The molecule has 4 rings (SSSR count). The number of phenols is 1. The predicted molar refractivity (Wildman–Crippen MR) is 82.0 cm³/mol. The number of phenolic OH excluding ortho intramolecular Hbond substituents is 1. The number of esters is 1. The van der Waals surface area contributed by atoms with Gasteiger partial charge in [-0.25, -0.2) is 4.79 Å². The van der Waals surface area contributed by atoms with Crippen LogP contribution in [0.2, 0.25) is 0 Å². The van der Waals surface area contributed by atoms with Gasteiger partial charge in [0.1, 0.15) is 17.6 Å². The van der Waals surface area contributed by atoms with Gasteiger partial charge in [0.2, 0.25) is 6.10 Å². The van der Waals surface area contributed by atoms with Gasteiger partial charge in [0, 0.05) is 11.6 Å². The van der Waals surface area contributed by atoms with Gasteiger partial charge in [-0.1, -0.05) is 6.92 Å². The second-order valence-electron chi connectivity index (χ2n) is 6.85. The van der Waals surface area contributed by atoms with Crippen LogP contribution in [0.25, 0.3) is 6.08 Å². The molecule has 3 aliphatic rings. The van der Waals surface area contributed by atoms with Gasteiger partial charge in [0.15, 0.2) is 0 Å². The van der Waals surface area contributed by atoms with Crippen LogP contribution in [0.3, 0.4) is 0 Å². The van der Waals surface area contributed by atoms with Crippen LogP contribution >= 0.6 is 0 Å². The van der Waals surface area contributed by atoms with Gasteiger partial charge in [-0.3, -0.25) is 0 Å². The number of halogens is 3. The lowest BCUT2D eigenvalue weighted by Crippen LogP contribution is -2.42. The third-order valence-corrected chi connectivity index (χ3v) is 5.21. The zero-order chi connectivity index (χ0) is 17.9. The number of carbonyl (C=O) groups excluding carboxylic acids is 1. The van der Waals surface area contributed by atoms with Crippen LogP contribution < -0.4 is 4.74 Å². The Balaban J connectivity index is 1.67. The highest BCUT2D eigenvalue weighted by Gasteiger charge is 2.56. The van der Waals surface area contributed by atoms with Crippen LogP contribution in [0, 0.1) is 11.8 Å². The second-order valence-corrected chi connectivity index (χ2v) is 6.85. The molecule has 0 saturated heterocycles. The Morgan fingerprint density at radius 1 is 1.36 bits per heavy atom. The van der Waals surface area contributed by atoms with Gasteiger partial charge in [-0.15, -0.1) is 0 Å². The highest BCUT2D eigenvalue weighted by atomic mass is 19.4. The number of aryl methyl sites for hydroxylation is 1. The van der Waals surface area contributed by atoms with Crippen molar-refractivity contribution in [3.63, 3.8) is 0 Å². The Morgan fingerprint density at radius 2 is 2.12 bits per heavy atom. The van der Waals surface area contributed by atoms with Crippen molar-refractivity contribution in [1.29, 1.82) is 0 Å². The van der Waals surface area contributed by atoms with Crippen LogP contribution in [0.4, 0.5) is 13.2 Å². The highest BCUT2D eigenvalue weighted by molar-refractivity contribution is 5.96. The maximum absolute atomic E-state index is 13.4. The molecule has 2 saturated carbocycles. The number of carbonyl (C=O) groups is 1. The van der Waals surface area contributed by atoms with Crippen molar-refractivity contribution in [3.8, 4) is 11.5 Å². The Hall–Kier alpha value is -2.18. The molecule has 134 valence electrons. The summed E-state index contributed by atoms with van der Waals surface area (Å²) >= 11 is 0. The zero-order valence-electron chi connectivity index (χ0n) is 13.5. The van der Waals surface area contributed by atoms with E-state index in [1.807, 2.05) is 6.92 Å². The van der Waals surface area contributed by atoms with Crippen LogP contribution in [0.5, 0.6) is 11.5 Å². The van der Waals surface area contributed by atoms with E-state index in [1.165, 1.54) is 12.1 Å². The number of hydrogen-bond donors (Lipinski definition) is 1. The number of rotatable bonds is 3. The number of alkyl halides is 3. The maximum atomic E-state index is 13.4. The molecular weight excluding hydrogens is 337 g/mol. The quantitative estimate of drug-likeness (QED) is 0.843. The maximum Gasteiger partial charge on any atom is 0.430 e. The van der Waals surface area contributed by atoms with Crippen molar-refractivity contribution >= 4 is 12.0 Å². The molecule has 0 aromatic heterocycles. The summed E-state index contributed by atoms with van der Waals surface area (Å²) in [7, 11) is 0. The van der Waals surface area contributed by atoms with Crippen molar-refractivity contribution in [1.82, 2.24) is 0 Å². The lowest BCUT2D eigenvalue weighted by molar-refractivity contribution is -0.189. The fourth-order valence-corrected chi connectivity index (χ4v) is 3.59. The van der Waals surface area contributed by atoms with E-state index >= 15 is 0 Å². The molecule has 4 atom stereocenters. The minimum Gasteiger partial charge on any atom is -0.508 e. The molecule has 3 unspecified atom stereocenters. The molecule has 1 heterocycles. The third-order valence-electron chi connectivity index (χ3n) is 5.21. The summed E-state index contributed by atoms with van der Waals surface area (Å²) in [4.78, 5) is 12.3. The van der Waals surface area contributed by atoms with Crippen molar-refractivity contribution in [2.24, 2.45) is 11.8 Å². The fraction of sp³-hybridized carbons (Fsp3) is 0.500. The monoisotopic (exact) mass is 354 g/mol. The summed E-state index contributed by atoms with van der Waals surface area (Å²) in [5.74, 6) is -0.317. The van der Waals surface area contributed by atoms with E-state index in [2.05, 4.69) is 0 Å². The van der Waals surface area contributed by atoms with Gasteiger partial charge in [0.05, 0.1) is 5.57 Å². The van der Waals surface area contributed by atoms with Crippen molar-refractivity contribution in [2.45, 2.75) is 44.6 Å². The highest BCUT2D eigenvalue weighted by Crippen LogP contribution is 2.57. The summed E-state index contributed by atoms with van der Waals surface area (Å²) in [6, 6.07) is 2.69. The predicted octanol–water partition coefficient (Wildman–Crippen LogP) is 3.61. The lowest BCUT2D eigenvalue weighted by Gasteiger charge is -2.30. The number of aromatic hydroxyl groups is 1. The number of hydrogen-bond acceptors (Lipinski definition) is 4. The van der Waals surface area contributed by atoms with Crippen molar-refractivity contribution in [3.05, 3.63) is 28.8 Å². The van der Waals surface area contributed by atoms with Crippen LogP contribution in [0.1, 0.15) is 30.9 Å². The molecular formula is C18H17F3O4. The molecule has 7 heteroatoms. The smallest absolute Gasteiger partial charge is 0.430 e. The van der Waals surface area contributed by atoms with Crippen molar-refractivity contribution in [2.75, 3.05) is 0 Å². The molecule has 1 aliphatic heterocycles. The van der Waals surface area contributed by atoms with Crippen LogP contribution in [0.15, 0.2) is 17.7 Å². The van der Waals surface area contributed by atoms with Gasteiger partial charge < -0.3 is 14.6 Å². The number of benzene rings is 1. The molecule has 4 nitrogen and oxygen atoms in total. The Labute approximate surface area is 142 Å². The third kappa shape index (κ3) is 2.75. The topological polar surface area (TPSA) is 55.8 Å². The molecule has 0 radical (unpaired) electrons. The Bertz CT molecular complexity index is 768. The fourth-order valence-electron chi connectivity index (χ4n) is 3.59. The zero-order valence-corrected chi connectivity index (χ0v) is 13.5. The molecule has 0 amide bonds. The Kier molecular flexibility index (Phi) is 3.53. The lowest BCUT2D eigenvalue weighted by atomic mass is 9.95. The number of ether oxygens (including phenoxy) is 2. The minimum atomic E-state index is -4.76. The minimum absolute atomic E-state index is 0.0977. The van der Waals surface area contributed by atoms with E-state index in [1.54, 1.807) is 0 Å². The first-order valence-electron chi connectivity index (χ1n) is 8.29. The van der Waals surface area contributed by atoms with Crippen LogP contribution in [-0.2, 0) is 16.0 Å². The van der Waals surface area contributed by atoms with Crippen LogP contribution in [-0.4, -0.2) is 29.5 Å². The van der Waals surface area contributed by atoms with E-state index < -0.39 is 23.8 Å². The standard InChI is InChI=1S/C18H17F3O4/c1-2-8-3-10-5-12(17(23)25-15-6-9-4-11(9)15)16(18(19,20)21)24-14(10)7-13(8)22/h3,5,7,9,11,15-16,22H,2,4,6H2,1H3/t9?,11-,15?,16?/m0/s1. The molecule has 2 fully saturated rings. The van der Waals surface area contributed by atoms with Gasteiger partial charge in [-0.05, 0) is 48.8 Å². The average Bonchev–Trinajstić information content (AvgIpc) is 3.20. The molecule has 0 bridgehead atoms. The second kappa shape index (κ2) is 5.41. The molecule has 0 spiro atoms. The largest absolute Gasteiger partial charge is 0.508 e. The summed E-state index contributed by atoms with van der Waals surface area (Å²) in [6.07, 6.45) is -4.05.